The molecule has 0 aromatic heterocycles. The van der Waals surface area contributed by atoms with Gasteiger partial charge in [0, 0.05) is 13.1 Å². The monoisotopic (exact) mass is 283 g/mol. The van der Waals surface area contributed by atoms with Gasteiger partial charge in [-0.3, -0.25) is 4.99 Å². The topological polar surface area (TPSA) is 71.1 Å². The van der Waals surface area contributed by atoms with Crippen LogP contribution in [0.25, 0.3) is 0 Å². The SMILES string of the molecule is CC1CN(C(N)=NCC2(O)CCCC(C)(C)C2)CCO1. The number of aliphatic imine (C=N–C) groups is 1. The molecule has 0 amide bonds. The molecule has 5 nitrogen and oxygen atoms in total. The van der Waals surface area contributed by atoms with Crippen LogP contribution in [0.1, 0.15) is 46.5 Å². The smallest absolute Gasteiger partial charge is 0.191 e. The molecule has 2 rings (SSSR count). The fraction of sp³-hybridized carbons (Fsp3) is 0.933. The molecule has 0 aromatic carbocycles. The predicted molar refractivity (Wildman–Crippen MR) is 80.7 cm³/mol. The predicted octanol–water partition coefficient (Wildman–Crippen LogP) is 1.35. The van der Waals surface area contributed by atoms with Gasteiger partial charge in [0.05, 0.1) is 24.9 Å². The van der Waals surface area contributed by atoms with Gasteiger partial charge < -0.3 is 20.5 Å². The van der Waals surface area contributed by atoms with Crippen molar-refractivity contribution in [3.05, 3.63) is 0 Å². The van der Waals surface area contributed by atoms with Crippen LogP contribution in [-0.2, 0) is 4.74 Å². The van der Waals surface area contributed by atoms with E-state index < -0.39 is 5.60 Å². The van der Waals surface area contributed by atoms with Crippen molar-refractivity contribution < 1.29 is 9.84 Å². The second-order valence-corrected chi connectivity index (χ2v) is 7.22. The number of guanidine groups is 1. The lowest BCUT2D eigenvalue weighted by molar-refractivity contribution is -0.0311. The average Bonchev–Trinajstić information content (AvgIpc) is 2.34. The van der Waals surface area contributed by atoms with Crippen LogP contribution in [0.3, 0.4) is 0 Å². The Morgan fingerprint density at radius 3 is 2.85 bits per heavy atom. The average molecular weight is 283 g/mol. The number of ether oxygens (including phenoxy) is 1. The van der Waals surface area contributed by atoms with E-state index in [-0.39, 0.29) is 11.5 Å². The van der Waals surface area contributed by atoms with Crippen molar-refractivity contribution >= 4 is 5.96 Å². The van der Waals surface area contributed by atoms with Gasteiger partial charge in [0.25, 0.3) is 0 Å². The second-order valence-electron chi connectivity index (χ2n) is 7.22. The van der Waals surface area contributed by atoms with E-state index >= 15 is 0 Å². The third kappa shape index (κ3) is 4.09. The molecular formula is C15H29N3O2. The van der Waals surface area contributed by atoms with Crippen LogP contribution in [0.15, 0.2) is 4.99 Å². The number of nitrogens with zero attached hydrogens (tertiary/aromatic N) is 2. The number of morpholine rings is 1. The molecule has 1 heterocycles. The molecule has 2 unspecified atom stereocenters. The Kier molecular flexibility index (Phi) is 4.59. The lowest BCUT2D eigenvalue weighted by atomic mass is 9.70. The van der Waals surface area contributed by atoms with Crippen LogP contribution in [0.5, 0.6) is 0 Å². The van der Waals surface area contributed by atoms with E-state index in [9.17, 15) is 5.11 Å². The van der Waals surface area contributed by atoms with Crippen molar-refractivity contribution in [1.29, 1.82) is 0 Å². The molecule has 20 heavy (non-hydrogen) atoms. The van der Waals surface area contributed by atoms with E-state index in [1.54, 1.807) is 0 Å². The van der Waals surface area contributed by atoms with E-state index in [2.05, 4.69) is 18.8 Å². The van der Waals surface area contributed by atoms with Gasteiger partial charge in [0.2, 0.25) is 0 Å². The van der Waals surface area contributed by atoms with E-state index in [0.717, 1.165) is 32.4 Å². The van der Waals surface area contributed by atoms with Crippen molar-refractivity contribution in [2.75, 3.05) is 26.2 Å². The first-order chi connectivity index (χ1) is 9.30. The molecule has 0 aromatic rings. The third-order valence-electron chi connectivity index (χ3n) is 4.40. The first-order valence-corrected chi connectivity index (χ1v) is 7.69. The molecule has 0 bridgehead atoms. The molecule has 2 fully saturated rings. The molecule has 1 saturated carbocycles. The molecule has 1 aliphatic carbocycles. The molecule has 1 aliphatic heterocycles. The zero-order valence-corrected chi connectivity index (χ0v) is 13.1. The summed E-state index contributed by atoms with van der Waals surface area (Å²) in [6.07, 6.45) is 4.06. The maximum atomic E-state index is 10.7. The van der Waals surface area contributed by atoms with Gasteiger partial charge in [-0.05, 0) is 38.0 Å². The highest BCUT2D eigenvalue weighted by atomic mass is 16.5. The van der Waals surface area contributed by atoms with Gasteiger partial charge in [0.15, 0.2) is 5.96 Å². The first-order valence-electron chi connectivity index (χ1n) is 7.69. The molecule has 2 atom stereocenters. The van der Waals surface area contributed by atoms with Crippen molar-refractivity contribution in [2.24, 2.45) is 16.1 Å². The molecule has 0 radical (unpaired) electrons. The summed E-state index contributed by atoms with van der Waals surface area (Å²) in [7, 11) is 0. The maximum absolute atomic E-state index is 10.7. The minimum absolute atomic E-state index is 0.189. The third-order valence-corrected chi connectivity index (χ3v) is 4.40. The summed E-state index contributed by atoms with van der Waals surface area (Å²) < 4.78 is 5.50. The van der Waals surface area contributed by atoms with Crippen LogP contribution in [0, 0.1) is 5.41 Å². The van der Waals surface area contributed by atoms with Crippen molar-refractivity contribution in [1.82, 2.24) is 4.90 Å². The van der Waals surface area contributed by atoms with E-state index in [4.69, 9.17) is 10.5 Å². The summed E-state index contributed by atoms with van der Waals surface area (Å²) in [6, 6.07) is 0. The molecule has 0 spiro atoms. The van der Waals surface area contributed by atoms with Gasteiger partial charge in [-0.2, -0.15) is 0 Å². The number of rotatable bonds is 2. The number of nitrogens with two attached hydrogens (primary N) is 1. The molecular weight excluding hydrogens is 254 g/mol. The van der Waals surface area contributed by atoms with Crippen LogP contribution in [0.2, 0.25) is 0 Å². The second kappa shape index (κ2) is 5.90. The molecule has 2 aliphatic rings. The van der Waals surface area contributed by atoms with Crippen molar-refractivity contribution in [2.45, 2.75) is 58.2 Å². The van der Waals surface area contributed by atoms with Gasteiger partial charge in [-0.15, -0.1) is 0 Å². The van der Waals surface area contributed by atoms with E-state index in [1.165, 1.54) is 6.42 Å². The van der Waals surface area contributed by atoms with E-state index in [1.807, 2.05) is 11.8 Å². The fourth-order valence-electron chi connectivity index (χ4n) is 3.45. The van der Waals surface area contributed by atoms with E-state index in [0.29, 0.717) is 19.1 Å². The molecule has 116 valence electrons. The Labute approximate surface area is 122 Å². The van der Waals surface area contributed by atoms with Crippen molar-refractivity contribution in [3.8, 4) is 0 Å². The van der Waals surface area contributed by atoms with Crippen LogP contribution >= 0.6 is 0 Å². The minimum Gasteiger partial charge on any atom is -0.388 e. The Morgan fingerprint density at radius 1 is 1.45 bits per heavy atom. The van der Waals surface area contributed by atoms with Crippen LogP contribution in [0.4, 0.5) is 0 Å². The summed E-state index contributed by atoms with van der Waals surface area (Å²) in [5.74, 6) is 0.539. The quantitative estimate of drug-likeness (QED) is 0.593. The maximum Gasteiger partial charge on any atom is 0.191 e. The summed E-state index contributed by atoms with van der Waals surface area (Å²) >= 11 is 0. The summed E-state index contributed by atoms with van der Waals surface area (Å²) in [6.45, 7) is 9.13. The standard InChI is InChI=1S/C15H29N3O2/c1-12-9-18(7-8-20-12)13(16)17-11-15(19)6-4-5-14(2,3)10-15/h12,19H,4-11H2,1-3H3,(H2,16,17). The summed E-state index contributed by atoms with van der Waals surface area (Å²) in [5.41, 5.74) is 5.57. The van der Waals surface area contributed by atoms with Crippen molar-refractivity contribution in [3.63, 3.8) is 0 Å². The normalized spacial score (nSPS) is 35.1. The Bertz CT molecular complexity index is 370. The Balaban J connectivity index is 1.93. The Hall–Kier alpha value is -0.810. The van der Waals surface area contributed by atoms with Gasteiger partial charge >= 0.3 is 0 Å². The summed E-state index contributed by atoms with van der Waals surface area (Å²) in [4.78, 5) is 6.51. The fourth-order valence-corrected chi connectivity index (χ4v) is 3.45. The highest BCUT2D eigenvalue weighted by Crippen LogP contribution is 2.41. The number of hydrogen-bond donors (Lipinski definition) is 2. The Morgan fingerprint density at radius 2 is 2.20 bits per heavy atom. The lowest BCUT2D eigenvalue weighted by Gasteiger charge is -2.41. The lowest BCUT2D eigenvalue weighted by Crippen LogP contribution is -2.49. The number of hydrogen-bond acceptors (Lipinski definition) is 3. The zero-order chi connectivity index (χ0) is 14.8. The highest BCUT2D eigenvalue weighted by Gasteiger charge is 2.38. The zero-order valence-electron chi connectivity index (χ0n) is 13.1. The van der Waals surface area contributed by atoms with Crippen LogP contribution < -0.4 is 5.73 Å². The minimum atomic E-state index is -0.690. The van der Waals surface area contributed by atoms with Gasteiger partial charge in [0.1, 0.15) is 0 Å². The number of aliphatic hydroxyl groups is 1. The highest BCUT2D eigenvalue weighted by molar-refractivity contribution is 5.78. The largest absolute Gasteiger partial charge is 0.388 e. The van der Waals surface area contributed by atoms with Gasteiger partial charge in [-0.25, -0.2) is 0 Å². The van der Waals surface area contributed by atoms with Gasteiger partial charge in [-0.1, -0.05) is 13.8 Å². The molecule has 3 N–H and O–H groups in total. The van der Waals surface area contributed by atoms with Crippen LogP contribution in [-0.4, -0.2) is 53.9 Å². The first kappa shape index (κ1) is 15.6. The molecule has 5 heteroatoms. The summed E-state index contributed by atoms with van der Waals surface area (Å²) in [5, 5.41) is 10.7. The molecule has 1 saturated heterocycles.